The molecule has 146 valence electrons. The fraction of sp³-hybridized carbons (Fsp3) is 0.500. The van der Waals surface area contributed by atoms with E-state index >= 15 is 0 Å². The molecule has 2 aromatic rings. The molecule has 6 nitrogen and oxygen atoms in total. The van der Waals surface area contributed by atoms with E-state index in [1.54, 1.807) is 10.6 Å². The van der Waals surface area contributed by atoms with Gasteiger partial charge in [-0.05, 0) is 46.8 Å². The van der Waals surface area contributed by atoms with Gasteiger partial charge in [0.2, 0.25) is 5.43 Å². The Kier molecular flexibility index (Phi) is 4.76. The number of hydrogen-bond acceptors (Lipinski definition) is 4. The van der Waals surface area contributed by atoms with Gasteiger partial charge in [0.1, 0.15) is 11.4 Å². The molecular formula is C20H25FN2O4. The number of carbonyl (C=O) groups is 1. The lowest BCUT2D eigenvalue weighted by Crippen LogP contribution is -2.45. The maximum atomic E-state index is 14.9. The second kappa shape index (κ2) is 6.64. The Morgan fingerprint density at radius 3 is 2.33 bits per heavy atom. The van der Waals surface area contributed by atoms with Crippen LogP contribution in [0.3, 0.4) is 0 Å². The Balaban J connectivity index is 2.29. The van der Waals surface area contributed by atoms with E-state index in [0.29, 0.717) is 24.3 Å². The van der Waals surface area contributed by atoms with Crippen molar-refractivity contribution in [1.29, 1.82) is 0 Å². The first-order chi connectivity index (χ1) is 12.5. The molecule has 2 atom stereocenters. The zero-order valence-electron chi connectivity index (χ0n) is 16.2. The number of ether oxygens (including phenoxy) is 1. The smallest absolute Gasteiger partial charge is 0.341 e. The molecule has 2 heterocycles. The second-order valence-electron chi connectivity index (χ2n) is 8.20. The minimum Gasteiger partial charge on any atom is -0.477 e. The van der Waals surface area contributed by atoms with Crippen LogP contribution in [-0.4, -0.2) is 40.9 Å². The van der Waals surface area contributed by atoms with E-state index < -0.39 is 22.8 Å². The molecule has 1 aromatic carbocycles. The number of anilines is 1. The van der Waals surface area contributed by atoms with Crippen LogP contribution in [-0.2, 0) is 10.3 Å². The molecule has 0 aliphatic carbocycles. The number of nitrogens with zero attached hydrogens (tertiary/aromatic N) is 2. The number of rotatable bonds is 2. The summed E-state index contributed by atoms with van der Waals surface area (Å²) >= 11 is 0. The van der Waals surface area contributed by atoms with Crippen molar-refractivity contribution in [2.45, 2.75) is 52.4 Å². The lowest BCUT2D eigenvalue weighted by Gasteiger charge is -2.37. The van der Waals surface area contributed by atoms with Gasteiger partial charge in [-0.1, -0.05) is 0 Å². The fourth-order valence-electron chi connectivity index (χ4n) is 3.66. The monoisotopic (exact) mass is 376 g/mol. The number of morpholine rings is 1. The molecule has 0 saturated carbocycles. The molecule has 27 heavy (non-hydrogen) atoms. The Morgan fingerprint density at radius 1 is 1.22 bits per heavy atom. The average molecular weight is 376 g/mol. The van der Waals surface area contributed by atoms with E-state index in [9.17, 15) is 19.1 Å². The van der Waals surface area contributed by atoms with Crippen LogP contribution in [0.4, 0.5) is 10.1 Å². The van der Waals surface area contributed by atoms with Crippen LogP contribution in [0.25, 0.3) is 10.9 Å². The van der Waals surface area contributed by atoms with Crippen molar-refractivity contribution in [3.8, 4) is 0 Å². The van der Waals surface area contributed by atoms with Crippen LogP contribution in [0, 0.1) is 5.82 Å². The minimum atomic E-state index is -1.32. The van der Waals surface area contributed by atoms with Gasteiger partial charge in [-0.15, -0.1) is 0 Å². The highest BCUT2D eigenvalue weighted by molar-refractivity contribution is 5.93. The topological polar surface area (TPSA) is 71.8 Å². The third-order valence-electron chi connectivity index (χ3n) is 4.79. The van der Waals surface area contributed by atoms with Crippen LogP contribution in [0.2, 0.25) is 0 Å². The summed E-state index contributed by atoms with van der Waals surface area (Å²) in [6.07, 6.45) is 1.27. The number of carboxylic acids is 1. The Labute approximate surface area is 157 Å². The molecule has 1 aromatic heterocycles. The molecule has 1 aliphatic rings. The Bertz CT molecular complexity index is 951. The van der Waals surface area contributed by atoms with E-state index in [-0.39, 0.29) is 23.2 Å². The van der Waals surface area contributed by atoms with Gasteiger partial charge in [0.15, 0.2) is 0 Å². The predicted molar refractivity (Wildman–Crippen MR) is 102 cm³/mol. The Hall–Kier alpha value is -2.41. The van der Waals surface area contributed by atoms with Crippen LogP contribution in [0.15, 0.2) is 23.1 Å². The molecule has 0 radical (unpaired) electrons. The maximum Gasteiger partial charge on any atom is 0.341 e. The molecule has 1 N–H and O–H groups in total. The maximum absolute atomic E-state index is 14.9. The SMILES string of the molecule is CC1CN(c2cc3c(cc2F)c(=O)c(C(=O)O)cn3C(C)(C)C)CC(C)O1. The van der Waals surface area contributed by atoms with Crippen LogP contribution < -0.4 is 10.3 Å². The number of aromatic nitrogens is 1. The predicted octanol–water partition coefficient (Wildman–Crippen LogP) is 3.21. The van der Waals surface area contributed by atoms with Gasteiger partial charge in [0.05, 0.1) is 23.4 Å². The summed E-state index contributed by atoms with van der Waals surface area (Å²) in [5.74, 6) is -1.86. The van der Waals surface area contributed by atoms with E-state index in [0.717, 1.165) is 6.07 Å². The standard InChI is InChI=1S/C20H25FN2O4/c1-11-8-22(9-12(2)27-11)17-7-16-13(6-15(17)21)18(24)14(19(25)26)10-23(16)20(3,4)5/h6-7,10-12H,8-9H2,1-5H3,(H,25,26). The highest BCUT2D eigenvalue weighted by Gasteiger charge is 2.27. The lowest BCUT2D eigenvalue weighted by atomic mass is 10.0. The number of pyridine rings is 1. The lowest BCUT2D eigenvalue weighted by molar-refractivity contribution is -0.00539. The van der Waals surface area contributed by atoms with Crippen molar-refractivity contribution in [1.82, 2.24) is 4.57 Å². The highest BCUT2D eigenvalue weighted by Crippen LogP contribution is 2.30. The normalized spacial score (nSPS) is 20.9. The van der Waals surface area contributed by atoms with Crippen molar-refractivity contribution in [2.24, 2.45) is 0 Å². The zero-order chi connectivity index (χ0) is 20.1. The summed E-state index contributed by atoms with van der Waals surface area (Å²) in [7, 11) is 0. The molecular weight excluding hydrogens is 351 g/mol. The number of aromatic carboxylic acids is 1. The first-order valence-electron chi connectivity index (χ1n) is 9.02. The van der Waals surface area contributed by atoms with E-state index in [4.69, 9.17) is 4.74 Å². The number of hydrogen-bond donors (Lipinski definition) is 1. The van der Waals surface area contributed by atoms with Gasteiger partial charge >= 0.3 is 5.97 Å². The molecule has 3 rings (SSSR count). The molecule has 2 unspecified atom stereocenters. The fourth-order valence-corrected chi connectivity index (χ4v) is 3.66. The molecule has 1 aliphatic heterocycles. The molecule has 1 saturated heterocycles. The molecule has 7 heteroatoms. The summed E-state index contributed by atoms with van der Waals surface area (Å²) < 4.78 is 22.4. The zero-order valence-corrected chi connectivity index (χ0v) is 16.2. The van der Waals surface area contributed by atoms with Gasteiger partial charge in [0.25, 0.3) is 0 Å². The van der Waals surface area contributed by atoms with Crippen molar-refractivity contribution >= 4 is 22.6 Å². The van der Waals surface area contributed by atoms with Gasteiger partial charge in [0, 0.05) is 30.2 Å². The van der Waals surface area contributed by atoms with Crippen molar-refractivity contribution < 1.29 is 19.0 Å². The Morgan fingerprint density at radius 2 is 1.81 bits per heavy atom. The summed E-state index contributed by atoms with van der Waals surface area (Å²) in [6.45, 7) is 10.7. The van der Waals surface area contributed by atoms with E-state index in [1.165, 1.54) is 6.20 Å². The summed E-state index contributed by atoms with van der Waals surface area (Å²) in [6, 6.07) is 2.81. The quantitative estimate of drug-likeness (QED) is 0.871. The molecule has 1 fully saturated rings. The van der Waals surface area contributed by atoms with Crippen LogP contribution in [0.1, 0.15) is 45.0 Å². The highest BCUT2D eigenvalue weighted by atomic mass is 19.1. The first-order valence-corrected chi connectivity index (χ1v) is 9.02. The molecule has 0 spiro atoms. The number of fused-ring (bicyclic) bond motifs is 1. The average Bonchev–Trinajstić information content (AvgIpc) is 2.52. The van der Waals surface area contributed by atoms with Crippen molar-refractivity contribution in [2.75, 3.05) is 18.0 Å². The van der Waals surface area contributed by atoms with Gasteiger partial charge in [-0.3, -0.25) is 4.79 Å². The third kappa shape index (κ3) is 3.56. The van der Waals surface area contributed by atoms with Gasteiger partial charge < -0.3 is 19.3 Å². The summed E-state index contributed by atoms with van der Waals surface area (Å²) in [4.78, 5) is 26.0. The molecule has 0 amide bonds. The second-order valence-corrected chi connectivity index (χ2v) is 8.20. The van der Waals surface area contributed by atoms with E-state index in [1.807, 2.05) is 39.5 Å². The van der Waals surface area contributed by atoms with Crippen LogP contribution >= 0.6 is 0 Å². The summed E-state index contributed by atoms with van der Waals surface area (Å²) in [5.41, 5.74) is -0.618. The van der Waals surface area contributed by atoms with Crippen LogP contribution in [0.5, 0.6) is 0 Å². The number of halogens is 1. The first kappa shape index (κ1) is 19.4. The van der Waals surface area contributed by atoms with Crippen molar-refractivity contribution in [3.63, 3.8) is 0 Å². The number of carboxylic acid groups (broad SMARTS) is 1. The van der Waals surface area contributed by atoms with Crippen molar-refractivity contribution in [3.05, 3.63) is 39.9 Å². The molecule has 0 bridgehead atoms. The largest absolute Gasteiger partial charge is 0.477 e. The summed E-state index contributed by atoms with van der Waals surface area (Å²) in [5, 5.41) is 9.44. The van der Waals surface area contributed by atoms with Gasteiger partial charge in [-0.2, -0.15) is 0 Å². The number of benzene rings is 1. The minimum absolute atomic E-state index is 0.0388. The van der Waals surface area contributed by atoms with Gasteiger partial charge in [-0.25, -0.2) is 9.18 Å². The van der Waals surface area contributed by atoms with E-state index in [2.05, 4.69) is 0 Å². The third-order valence-corrected chi connectivity index (χ3v) is 4.79.